The minimum Gasteiger partial charge on any atom is -0.321 e. The highest BCUT2D eigenvalue weighted by atomic mass is 32.2. The molecule has 8 heteroatoms. The number of para-hydroxylation sites is 1. The van der Waals surface area contributed by atoms with Crippen molar-refractivity contribution in [2.45, 2.75) is 18.7 Å². The van der Waals surface area contributed by atoms with Gasteiger partial charge in [0.15, 0.2) is 0 Å². The number of amides is 1. The zero-order valence-corrected chi connectivity index (χ0v) is 19.4. The molecule has 0 saturated heterocycles. The summed E-state index contributed by atoms with van der Waals surface area (Å²) in [6.45, 7) is 3.88. The van der Waals surface area contributed by atoms with E-state index in [2.05, 4.69) is 5.32 Å². The average Bonchev–Trinajstić information content (AvgIpc) is 3.19. The van der Waals surface area contributed by atoms with Gasteiger partial charge in [-0.05, 0) is 78.9 Å². The first-order chi connectivity index (χ1) is 15.2. The highest BCUT2D eigenvalue weighted by Gasteiger charge is 2.22. The fourth-order valence-electron chi connectivity index (χ4n) is 3.43. The Morgan fingerprint density at radius 3 is 2.28 bits per heavy atom. The van der Waals surface area contributed by atoms with Crippen LogP contribution in [0.25, 0.3) is 10.1 Å². The van der Waals surface area contributed by atoms with Crippen LogP contribution in [0.3, 0.4) is 0 Å². The third-order valence-corrected chi connectivity index (χ3v) is 8.19. The highest BCUT2D eigenvalue weighted by molar-refractivity contribution is 7.92. The summed E-state index contributed by atoms with van der Waals surface area (Å²) in [5, 5.41) is 3.74. The van der Waals surface area contributed by atoms with Crippen molar-refractivity contribution in [3.05, 3.63) is 88.6 Å². The number of sulfonamides is 1. The maximum absolute atomic E-state index is 13.2. The fraction of sp³-hybridized carbons (Fsp3) is 0.125. The number of nitrogens with one attached hydrogen (secondary N) is 1. The Morgan fingerprint density at radius 2 is 1.62 bits per heavy atom. The summed E-state index contributed by atoms with van der Waals surface area (Å²) in [5.41, 5.74) is 3.20. The fourth-order valence-corrected chi connectivity index (χ4v) is 5.55. The van der Waals surface area contributed by atoms with Crippen LogP contribution in [-0.2, 0) is 10.0 Å². The van der Waals surface area contributed by atoms with Crippen molar-refractivity contribution in [2.24, 2.45) is 0 Å². The van der Waals surface area contributed by atoms with Gasteiger partial charge in [-0.25, -0.2) is 12.8 Å². The second-order valence-electron chi connectivity index (χ2n) is 7.48. The number of aryl methyl sites for hydroxylation is 2. The highest BCUT2D eigenvalue weighted by Crippen LogP contribution is 2.32. The van der Waals surface area contributed by atoms with Gasteiger partial charge in [-0.2, -0.15) is 0 Å². The van der Waals surface area contributed by atoms with E-state index in [1.54, 1.807) is 24.3 Å². The van der Waals surface area contributed by atoms with E-state index in [1.165, 1.54) is 30.5 Å². The molecule has 0 bridgehead atoms. The molecule has 1 aromatic heterocycles. The van der Waals surface area contributed by atoms with E-state index in [-0.39, 0.29) is 10.8 Å². The Labute approximate surface area is 190 Å². The van der Waals surface area contributed by atoms with Crippen molar-refractivity contribution in [2.75, 3.05) is 16.7 Å². The maximum atomic E-state index is 13.2. The molecule has 32 heavy (non-hydrogen) atoms. The standard InChI is InChI=1S/C24H21FN2O3S2/c1-15-5-4-6-16(2)23(15)26-24(28)22-14-17-13-19(9-12-21(17)31-22)27(3)32(29,30)20-10-7-18(25)8-11-20/h4-14H,1-3H3,(H,26,28). The molecular formula is C24H21FN2O3S2. The number of carbonyl (C=O) groups is 1. The first-order valence-corrected chi connectivity index (χ1v) is 12.1. The van der Waals surface area contributed by atoms with Gasteiger partial charge < -0.3 is 5.32 Å². The molecule has 5 nitrogen and oxygen atoms in total. The molecule has 4 rings (SSSR count). The molecule has 1 amide bonds. The molecule has 1 heterocycles. The maximum Gasteiger partial charge on any atom is 0.265 e. The third-order valence-electron chi connectivity index (χ3n) is 5.28. The number of carbonyl (C=O) groups excluding carboxylic acids is 1. The van der Waals surface area contributed by atoms with Crippen LogP contribution >= 0.6 is 11.3 Å². The monoisotopic (exact) mass is 468 g/mol. The quantitative estimate of drug-likeness (QED) is 0.406. The number of halogens is 1. The zero-order chi connectivity index (χ0) is 23.0. The van der Waals surface area contributed by atoms with Crippen LogP contribution in [0.15, 0.2) is 71.6 Å². The Hall–Kier alpha value is -3.23. The average molecular weight is 469 g/mol. The van der Waals surface area contributed by atoms with Crippen LogP contribution in [0.1, 0.15) is 20.8 Å². The Balaban J connectivity index is 1.63. The van der Waals surface area contributed by atoms with Crippen LogP contribution in [-0.4, -0.2) is 21.4 Å². The van der Waals surface area contributed by atoms with Crippen molar-refractivity contribution in [3.8, 4) is 0 Å². The number of fused-ring (bicyclic) bond motifs is 1. The first kappa shape index (κ1) is 22.0. The van der Waals surface area contributed by atoms with Gasteiger partial charge in [0.1, 0.15) is 5.82 Å². The van der Waals surface area contributed by atoms with Gasteiger partial charge in [-0.3, -0.25) is 9.10 Å². The van der Waals surface area contributed by atoms with Crippen LogP contribution in [0.2, 0.25) is 0 Å². The van der Waals surface area contributed by atoms with Gasteiger partial charge >= 0.3 is 0 Å². The van der Waals surface area contributed by atoms with Crippen LogP contribution in [0.4, 0.5) is 15.8 Å². The predicted molar refractivity (Wildman–Crippen MR) is 128 cm³/mol. The zero-order valence-electron chi connectivity index (χ0n) is 17.7. The molecule has 0 aliphatic carbocycles. The molecule has 0 aliphatic rings. The van der Waals surface area contributed by atoms with E-state index in [1.807, 2.05) is 32.0 Å². The van der Waals surface area contributed by atoms with Crippen molar-refractivity contribution < 1.29 is 17.6 Å². The molecule has 0 spiro atoms. The second kappa shape index (κ2) is 8.37. The molecule has 0 saturated carbocycles. The molecule has 1 N–H and O–H groups in total. The Kier molecular flexibility index (Phi) is 5.75. The summed E-state index contributed by atoms with van der Waals surface area (Å²) >= 11 is 1.34. The third kappa shape index (κ3) is 4.11. The van der Waals surface area contributed by atoms with Gasteiger partial charge in [0.25, 0.3) is 15.9 Å². The lowest BCUT2D eigenvalue weighted by Crippen LogP contribution is -2.26. The number of thiophene rings is 1. The molecule has 0 aliphatic heterocycles. The van der Waals surface area contributed by atoms with Crippen LogP contribution in [0.5, 0.6) is 0 Å². The molecular weight excluding hydrogens is 447 g/mol. The largest absolute Gasteiger partial charge is 0.321 e. The first-order valence-electron chi connectivity index (χ1n) is 9.82. The lowest BCUT2D eigenvalue weighted by atomic mass is 10.1. The van der Waals surface area contributed by atoms with Gasteiger partial charge in [0.05, 0.1) is 15.5 Å². The molecule has 0 atom stereocenters. The number of anilines is 2. The minimum absolute atomic E-state index is 0.000447. The van der Waals surface area contributed by atoms with E-state index >= 15 is 0 Å². The van der Waals surface area contributed by atoms with Crippen LogP contribution in [0, 0.1) is 19.7 Å². The molecule has 164 valence electrons. The molecule has 3 aromatic carbocycles. The van der Waals surface area contributed by atoms with E-state index in [0.717, 1.165) is 43.3 Å². The van der Waals surface area contributed by atoms with Crippen molar-refractivity contribution >= 4 is 48.7 Å². The summed E-state index contributed by atoms with van der Waals surface area (Å²) in [7, 11) is -2.40. The van der Waals surface area contributed by atoms with E-state index in [0.29, 0.717) is 10.6 Å². The number of rotatable bonds is 5. The number of hydrogen-bond acceptors (Lipinski definition) is 4. The Bertz CT molecular complexity index is 1410. The summed E-state index contributed by atoms with van der Waals surface area (Å²) < 4.78 is 41.0. The van der Waals surface area contributed by atoms with Gasteiger partial charge in [0, 0.05) is 17.4 Å². The van der Waals surface area contributed by atoms with E-state index in [4.69, 9.17) is 0 Å². The summed E-state index contributed by atoms with van der Waals surface area (Å²) in [6.07, 6.45) is 0. The smallest absolute Gasteiger partial charge is 0.265 e. The lowest BCUT2D eigenvalue weighted by Gasteiger charge is -2.19. The molecule has 4 aromatic rings. The molecule has 0 radical (unpaired) electrons. The SMILES string of the molecule is Cc1cccc(C)c1NC(=O)c1cc2cc(N(C)S(=O)(=O)c3ccc(F)cc3)ccc2s1. The van der Waals surface area contributed by atoms with Crippen LogP contribution < -0.4 is 9.62 Å². The van der Waals surface area contributed by atoms with Gasteiger partial charge in [-0.15, -0.1) is 11.3 Å². The minimum atomic E-state index is -3.85. The number of hydrogen-bond donors (Lipinski definition) is 1. The normalized spacial score (nSPS) is 11.5. The van der Waals surface area contributed by atoms with Gasteiger partial charge in [0.2, 0.25) is 0 Å². The van der Waals surface area contributed by atoms with Crippen molar-refractivity contribution in [1.29, 1.82) is 0 Å². The second-order valence-corrected chi connectivity index (χ2v) is 10.5. The summed E-state index contributed by atoms with van der Waals surface area (Å²) in [6, 6.07) is 17.5. The van der Waals surface area contributed by atoms with Crippen molar-refractivity contribution in [1.82, 2.24) is 0 Å². The summed E-state index contributed by atoms with van der Waals surface area (Å²) in [4.78, 5) is 13.4. The lowest BCUT2D eigenvalue weighted by molar-refractivity contribution is 0.103. The van der Waals surface area contributed by atoms with Crippen molar-refractivity contribution in [3.63, 3.8) is 0 Å². The number of benzene rings is 3. The Morgan fingerprint density at radius 1 is 0.969 bits per heavy atom. The molecule has 0 fully saturated rings. The van der Waals surface area contributed by atoms with E-state index in [9.17, 15) is 17.6 Å². The predicted octanol–water partition coefficient (Wildman–Crippen LogP) is 5.73. The summed E-state index contributed by atoms with van der Waals surface area (Å²) in [5.74, 6) is -0.713. The number of nitrogens with zero attached hydrogens (tertiary/aromatic N) is 1. The van der Waals surface area contributed by atoms with E-state index < -0.39 is 15.8 Å². The topological polar surface area (TPSA) is 66.5 Å². The van der Waals surface area contributed by atoms with Gasteiger partial charge in [-0.1, -0.05) is 18.2 Å². The molecule has 0 unspecified atom stereocenters.